The highest BCUT2D eigenvalue weighted by molar-refractivity contribution is 8.00. The van der Waals surface area contributed by atoms with Crippen LogP contribution in [0.1, 0.15) is 6.92 Å². The van der Waals surface area contributed by atoms with Crippen molar-refractivity contribution in [3.8, 4) is 0 Å². The fourth-order valence-electron chi connectivity index (χ4n) is 3.18. The van der Waals surface area contributed by atoms with Crippen molar-refractivity contribution in [2.45, 2.75) is 27.4 Å². The lowest BCUT2D eigenvalue weighted by molar-refractivity contribution is -0.150. The van der Waals surface area contributed by atoms with Gasteiger partial charge in [0, 0.05) is 10.9 Å². The number of ether oxygens (including phenoxy) is 1. The molecule has 3 amide bonds. The molecule has 1 fully saturated rings. The Labute approximate surface area is 202 Å². The molecular weight excluding hydrogens is 505 g/mol. The summed E-state index contributed by atoms with van der Waals surface area (Å²) in [5.74, 6) is -2.40. The largest absolute Gasteiger partial charge is 0.477 e. The topological polar surface area (TPSA) is 116 Å². The fraction of sp³-hybridized carbons (Fsp3) is 0.368. The number of hydrogen-bond donors (Lipinski definition) is 2. The second-order valence-corrected chi connectivity index (χ2v) is 10.9. The van der Waals surface area contributed by atoms with E-state index in [0.717, 1.165) is 9.80 Å². The van der Waals surface area contributed by atoms with Gasteiger partial charge in [0.05, 0.1) is 0 Å². The molecule has 1 aromatic carbocycles. The smallest absolute Gasteiger partial charge is 0.414 e. The number of alkyl halides is 3. The van der Waals surface area contributed by atoms with Crippen LogP contribution < -0.4 is 10.2 Å². The predicted molar refractivity (Wildman–Crippen MR) is 121 cm³/mol. The van der Waals surface area contributed by atoms with Crippen molar-refractivity contribution < 1.29 is 29.0 Å². The van der Waals surface area contributed by atoms with Crippen molar-refractivity contribution in [3.05, 3.63) is 42.1 Å². The molecule has 32 heavy (non-hydrogen) atoms. The highest BCUT2D eigenvalue weighted by atomic mass is 35.6. The highest BCUT2D eigenvalue weighted by Crippen LogP contribution is 2.40. The quantitative estimate of drug-likeness (QED) is 0.436. The second kappa shape index (κ2) is 9.78. The summed E-state index contributed by atoms with van der Waals surface area (Å²) in [4.78, 5) is 51.4. The van der Waals surface area contributed by atoms with Crippen LogP contribution in [0.2, 0.25) is 0 Å². The molecule has 2 unspecified atom stereocenters. The van der Waals surface area contributed by atoms with Crippen molar-refractivity contribution in [3.63, 3.8) is 0 Å². The molecular formula is C19H18Cl3N3O6S. The monoisotopic (exact) mass is 521 g/mol. The molecule has 1 aromatic rings. The van der Waals surface area contributed by atoms with Gasteiger partial charge >= 0.3 is 12.1 Å². The van der Waals surface area contributed by atoms with Crippen LogP contribution in [0.4, 0.5) is 10.5 Å². The van der Waals surface area contributed by atoms with Gasteiger partial charge in [-0.3, -0.25) is 19.4 Å². The predicted octanol–water partition coefficient (Wildman–Crippen LogP) is 2.76. The number of anilines is 1. The number of hydrogen-bond acceptors (Lipinski definition) is 6. The highest BCUT2D eigenvalue weighted by Gasteiger charge is 2.53. The van der Waals surface area contributed by atoms with Crippen molar-refractivity contribution in [2.75, 3.05) is 18.1 Å². The molecule has 2 aliphatic heterocycles. The first kappa shape index (κ1) is 24.5. The number of halogens is 3. The van der Waals surface area contributed by atoms with Crippen molar-refractivity contribution >= 4 is 76.1 Å². The van der Waals surface area contributed by atoms with Crippen LogP contribution in [-0.4, -0.2) is 67.5 Å². The molecule has 9 nitrogen and oxygen atoms in total. The SMILES string of the molecule is CC1C=C(C(=O)O)N2C(=O)C(NC(=O)CN(C(=O)OCC(Cl)(Cl)Cl)c3ccccc3)[C@@H]2S1. The van der Waals surface area contributed by atoms with Crippen LogP contribution in [0, 0.1) is 0 Å². The van der Waals surface area contributed by atoms with Crippen LogP contribution in [0.15, 0.2) is 42.1 Å². The maximum atomic E-state index is 12.7. The molecule has 172 valence electrons. The van der Waals surface area contributed by atoms with E-state index in [4.69, 9.17) is 39.5 Å². The average molecular weight is 523 g/mol. The van der Waals surface area contributed by atoms with Crippen LogP contribution in [-0.2, 0) is 19.1 Å². The zero-order valence-corrected chi connectivity index (χ0v) is 19.6. The molecule has 0 spiro atoms. The standard InChI is InChI=1S/C19H18Cl3N3O6S/c1-10-7-12(17(28)29)25-15(27)14(16(25)32-10)23-13(26)8-24(11-5-3-2-4-6-11)18(30)31-9-19(20,21)22/h2-7,10,14,16H,8-9H2,1H3,(H,23,26)(H,28,29)/t10?,14?,16-/m0/s1. The zero-order valence-electron chi connectivity index (χ0n) is 16.5. The first-order valence-corrected chi connectivity index (χ1v) is 11.3. The van der Waals surface area contributed by atoms with E-state index in [-0.39, 0.29) is 10.9 Å². The first-order chi connectivity index (χ1) is 15.0. The van der Waals surface area contributed by atoms with Crippen LogP contribution in [0.3, 0.4) is 0 Å². The van der Waals surface area contributed by atoms with Gasteiger partial charge in [-0.25, -0.2) is 9.59 Å². The number of aliphatic carboxylic acids is 1. The van der Waals surface area contributed by atoms with Crippen molar-refractivity contribution in [2.24, 2.45) is 0 Å². The Hall–Kier alpha value is -2.14. The summed E-state index contributed by atoms with van der Waals surface area (Å²) < 4.78 is 3.16. The van der Waals surface area contributed by atoms with Gasteiger partial charge in [0.2, 0.25) is 9.70 Å². The molecule has 0 aliphatic carbocycles. The van der Waals surface area contributed by atoms with Crippen molar-refractivity contribution in [1.29, 1.82) is 0 Å². The van der Waals surface area contributed by atoms with E-state index in [1.165, 1.54) is 17.8 Å². The normalized spacial score (nSPS) is 22.2. The summed E-state index contributed by atoms with van der Waals surface area (Å²) in [7, 11) is 0. The number of β-lactam (4-membered cyclic amide) rings is 1. The second-order valence-electron chi connectivity index (χ2n) is 6.93. The molecule has 2 N–H and O–H groups in total. The van der Waals surface area contributed by atoms with Gasteiger partial charge in [-0.05, 0) is 25.1 Å². The molecule has 2 heterocycles. The van der Waals surface area contributed by atoms with E-state index in [0.29, 0.717) is 5.69 Å². The molecule has 1 saturated heterocycles. The molecule has 0 bridgehead atoms. The zero-order chi connectivity index (χ0) is 23.6. The number of para-hydroxylation sites is 1. The van der Waals surface area contributed by atoms with Crippen LogP contribution in [0.5, 0.6) is 0 Å². The Balaban J connectivity index is 1.69. The summed E-state index contributed by atoms with van der Waals surface area (Å²) in [6.45, 7) is 0.796. The van der Waals surface area contributed by atoms with Gasteiger partial charge in [0.15, 0.2) is 0 Å². The third-order valence-electron chi connectivity index (χ3n) is 4.53. The average Bonchev–Trinajstić information content (AvgIpc) is 2.73. The lowest BCUT2D eigenvalue weighted by atomic mass is 10.0. The van der Waals surface area contributed by atoms with Crippen LogP contribution >= 0.6 is 46.6 Å². The summed E-state index contributed by atoms with van der Waals surface area (Å²) in [6.07, 6.45) is 0.563. The first-order valence-electron chi connectivity index (χ1n) is 9.27. The van der Waals surface area contributed by atoms with E-state index in [1.54, 1.807) is 37.3 Å². The maximum absolute atomic E-state index is 12.7. The number of amides is 3. The number of nitrogens with zero attached hydrogens (tertiary/aromatic N) is 2. The summed E-state index contributed by atoms with van der Waals surface area (Å²) in [5.41, 5.74) is 0.244. The molecule has 3 rings (SSSR count). The van der Waals surface area contributed by atoms with E-state index in [2.05, 4.69) is 5.32 Å². The number of carboxylic acids is 1. The molecule has 2 aliphatic rings. The third kappa shape index (κ3) is 5.61. The van der Waals surface area contributed by atoms with E-state index >= 15 is 0 Å². The molecule has 0 saturated carbocycles. The Morgan fingerprint density at radius 2 is 1.91 bits per heavy atom. The van der Waals surface area contributed by atoms with E-state index in [1.807, 2.05) is 0 Å². The van der Waals surface area contributed by atoms with Gasteiger partial charge in [0.1, 0.15) is 30.3 Å². The minimum absolute atomic E-state index is 0.113. The number of carbonyl (C=O) groups excluding carboxylic acids is 3. The van der Waals surface area contributed by atoms with Gasteiger partial charge < -0.3 is 15.2 Å². The summed E-state index contributed by atoms with van der Waals surface area (Å²) >= 11 is 18.2. The Kier molecular flexibility index (Phi) is 7.49. The number of nitrogens with one attached hydrogen (secondary N) is 1. The number of carboxylic acid groups (broad SMARTS) is 1. The maximum Gasteiger partial charge on any atom is 0.414 e. The van der Waals surface area contributed by atoms with Crippen LogP contribution in [0.25, 0.3) is 0 Å². The number of benzene rings is 1. The lowest BCUT2D eigenvalue weighted by Gasteiger charge is -2.49. The molecule has 0 aromatic heterocycles. The summed E-state index contributed by atoms with van der Waals surface area (Å²) in [5, 5.41) is 11.2. The molecule has 13 heteroatoms. The van der Waals surface area contributed by atoms with E-state index < -0.39 is 52.2 Å². The van der Waals surface area contributed by atoms with Gasteiger partial charge in [-0.15, -0.1) is 11.8 Å². The van der Waals surface area contributed by atoms with Crippen molar-refractivity contribution in [1.82, 2.24) is 10.2 Å². The minimum atomic E-state index is -1.83. The number of fused-ring (bicyclic) bond motifs is 1. The third-order valence-corrected chi connectivity index (χ3v) is 6.19. The minimum Gasteiger partial charge on any atom is -0.477 e. The van der Waals surface area contributed by atoms with Gasteiger partial charge in [-0.1, -0.05) is 53.0 Å². The van der Waals surface area contributed by atoms with Gasteiger partial charge in [0.25, 0.3) is 5.91 Å². The fourth-order valence-corrected chi connectivity index (χ4v) is 4.67. The molecule has 0 radical (unpaired) electrons. The summed E-state index contributed by atoms with van der Waals surface area (Å²) in [6, 6.07) is 7.30. The Morgan fingerprint density at radius 1 is 1.25 bits per heavy atom. The van der Waals surface area contributed by atoms with E-state index in [9.17, 15) is 24.3 Å². The number of carbonyl (C=O) groups is 4. The Morgan fingerprint density at radius 3 is 2.50 bits per heavy atom. The molecule has 3 atom stereocenters. The Bertz CT molecular complexity index is 955. The lowest BCUT2D eigenvalue weighted by Crippen LogP contribution is -2.71. The van der Waals surface area contributed by atoms with Gasteiger partial charge in [-0.2, -0.15) is 0 Å². The number of rotatable bonds is 6. The number of thioether (sulfide) groups is 1.